The molecule has 120 valence electrons. The molecular formula is C20H23NO2. The van der Waals surface area contributed by atoms with Crippen molar-refractivity contribution in [2.24, 2.45) is 0 Å². The first-order valence-corrected chi connectivity index (χ1v) is 7.99. The van der Waals surface area contributed by atoms with Crippen molar-refractivity contribution >= 4 is 17.4 Å². The number of rotatable bonds is 6. The van der Waals surface area contributed by atoms with Crippen molar-refractivity contribution in [1.29, 1.82) is 0 Å². The second-order valence-electron chi connectivity index (χ2n) is 5.82. The number of anilines is 1. The number of hydrogen-bond acceptors (Lipinski definition) is 2. The minimum Gasteiger partial charge on any atom is -0.326 e. The quantitative estimate of drug-likeness (QED) is 0.800. The maximum absolute atomic E-state index is 12.1. The van der Waals surface area contributed by atoms with E-state index in [2.05, 4.69) is 12.2 Å². The van der Waals surface area contributed by atoms with Crippen LogP contribution in [0.2, 0.25) is 0 Å². The fraction of sp³-hybridized carbons (Fsp3) is 0.300. The summed E-state index contributed by atoms with van der Waals surface area (Å²) in [6, 6.07) is 13.4. The Kier molecular flexibility index (Phi) is 5.69. The molecule has 0 bridgehead atoms. The van der Waals surface area contributed by atoms with Gasteiger partial charge in [0.25, 0.3) is 0 Å². The Balaban J connectivity index is 1.87. The lowest BCUT2D eigenvalue weighted by molar-refractivity contribution is -0.116. The van der Waals surface area contributed by atoms with Gasteiger partial charge in [-0.25, -0.2) is 0 Å². The zero-order chi connectivity index (χ0) is 16.8. The summed E-state index contributed by atoms with van der Waals surface area (Å²) in [5.74, 6) is -0.130. The van der Waals surface area contributed by atoms with Crippen LogP contribution in [0.15, 0.2) is 42.5 Å². The molecule has 3 heteroatoms. The molecule has 0 radical (unpaired) electrons. The molecule has 0 saturated carbocycles. The van der Waals surface area contributed by atoms with Crippen molar-refractivity contribution in [3.05, 3.63) is 64.7 Å². The summed E-state index contributed by atoms with van der Waals surface area (Å²) >= 11 is 0. The van der Waals surface area contributed by atoms with Crippen LogP contribution in [0, 0.1) is 13.8 Å². The van der Waals surface area contributed by atoms with E-state index in [1.54, 1.807) is 0 Å². The highest BCUT2D eigenvalue weighted by molar-refractivity contribution is 6.00. The average molecular weight is 309 g/mol. The van der Waals surface area contributed by atoms with Crippen LogP contribution in [0.3, 0.4) is 0 Å². The third kappa shape index (κ3) is 4.78. The Bertz CT molecular complexity index is 702. The topological polar surface area (TPSA) is 46.2 Å². The molecule has 0 saturated heterocycles. The Morgan fingerprint density at radius 1 is 0.913 bits per heavy atom. The first-order chi connectivity index (χ1) is 11.0. The minimum atomic E-state index is -0.133. The number of aryl methyl sites for hydroxylation is 3. The number of amides is 1. The molecule has 0 unspecified atom stereocenters. The molecule has 2 rings (SSSR count). The van der Waals surface area contributed by atoms with Crippen LogP contribution in [-0.2, 0) is 11.2 Å². The van der Waals surface area contributed by atoms with Crippen molar-refractivity contribution < 1.29 is 9.59 Å². The summed E-state index contributed by atoms with van der Waals surface area (Å²) in [5.41, 5.74) is 4.97. The number of nitrogens with one attached hydrogen (secondary N) is 1. The Morgan fingerprint density at radius 2 is 1.61 bits per heavy atom. The third-order valence-corrected chi connectivity index (χ3v) is 4.05. The molecular weight excluding hydrogens is 286 g/mol. The Labute approximate surface area is 137 Å². The lowest BCUT2D eigenvalue weighted by Gasteiger charge is -2.07. The maximum Gasteiger partial charge on any atom is 0.224 e. The van der Waals surface area contributed by atoms with Gasteiger partial charge in [0.15, 0.2) is 5.78 Å². The van der Waals surface area contributed by atoms with Gasteiger partial charge in [-0.1, -0.05) is 37.3 Å². The molecule has 0 heterocycles. The van der Waals surface area contributed by atoms with E-state index in [4.69, 9.17) is 0 Å². The molecule has 0 atom stereocenters. The van der Waals surface area contributed by atoms with Crippen molar-refractivity contribution in [3.63, 3.8) is 0 Å². The summed E-state index contributed by atoms with van der Waals surface area (Å²) in [7, 11) is 0. The minimum absolute atomic E-state index is 0.00268. The van der Waals surface area contributed by atoms with Gasteiger partial charge in [-0.3, -0.25) is 9.59 Å². The van der Waals surface area contributed by atoms with E-state index in [0.29, 0.717) is 5.56 Å². The van der Waals surface area contributed by atoms with Gasteiger partial charge < -0.3 is 5.32 Å². The molecule has 23 heavy (non-hydrogen) atoms. The average Bonchev–Trinajstić information content (AvgIpc) is 2.56. The van der Waals surface area contributed by atoms with Crippen molar-refractivity contribution in [1.82, 2.24) is 0 Å². The lowest BCUT2D eigenvalue weighted by Crippen LogP contribution is -2.13. The van der Waals surface area contributed by atoms with E-state index in [1.165, 1.54) is 11.1 Å². The smallest absolute Gasteiger partial charge is 0.224 e. The predicted molar refractivity (Wildman–Crippen MR) is 93.9 cm³/mol. The maximum atomic E-state index is 12.1. The number of carbonyl (C=O) groups is 2. The number of Topliss-reactive ketones (excluding diaryl/α,β-unsaturated/α-hetero) is 1. The summed E-state index contributed by atoms with van der Waals surface area (Å²) in [5, 5.41) is 2.84. The monoisotopic (exact) mass is 309 g/mol. The van der Waals surface area contributed by atoms with Gasteiger partial charge in [0.05, 0.1) is 0 Å². The van der Waals surface area contributed by atoms with E-state index in [0.717, 1.165) is 17.7 Å². The molecule has 0 aromatic heterocycles. The number of benzene rings is 2. The highest BCUT2D eigenvalue weighted by Gasteiger charge is 2.10. The highest BCUT2D eigenvalue weighted by Crippen LogP contribution is 2.15. The van der Waals surface area contributed by atoms with Crippen LogP contribution in [0.1, 0.15) is 46.8 Å². The second kappa shape index (κ2) is 7.73. The van der Waals surface area contributed by atoms with Gasteiger partial charge in [-0.15, -0.1) is 0 Å². The van der Waals surface area contributed by atoms with E-state index in [1.807, 2.05) is 56.3 Å². The standard InChI is InChI=1S/C20H23NO2/c1-4-16-6-8-17(9-7-16)19(22)11-12-20(23)21-18-10-5-14(2)15(3)13-18/h5-10,13H,4,11-12H2,1-3H3,(H,21,23). The number of ketones is 1. The van der Waals surface area contributed by atoms with E-state index < -0.39 is 0 Å². The lowest BCUT2D eigenvalue weighted by atomic mass is 10.0. The van der Waals surface area contributed by atoms with Crippen LogP contribution in [0.25, 0.3) is 0 Å². The summed E-state index contributed by atoms with van der Waals surface area (Å²) < 4.78 is 0. The van der Waals surface area contributed by atoms with Crippen LogP contribution in [-0.4, -0.2) is 11.7 Å². The highest BCUT2D eigenvalue weighted by atomic mass is 16.2. The van der Waals surface area contributed by atoms with Gasteiger partial charge in [0, 0.05) is 24.1 Å². The summed E-state index contributed by atoms with van der Waals surface area (Å²) in [6.07, 6.45) is 1.37. The zero-order valence-corrected chi connectivity index (χ0v) is 14.0. The molecule has 3 nitrogen and oxygen atoms in total. The number of carbonyl (C=O) groups excluding carboxylic acids is 2. The van der Waals surface area contributed by atoms with Gasteiger partial charge in [0.2, 0.25) is 5.91 Å². The predicted octanol–water partition coefficient (Wildman–Crippen LogP) is 4.47. The first-order valence-electron chi connectivity index (χ1n) is 7.99. The van der Waals surface area contributed by atoms with Crippen molar-refractivity contribution in [2.45, 2.75) is 40.0 Å². The van der Waals surface area contributed by atoms with Gasteiger partial charge in [-0.2, -0.15) is 0 Å². The van der Waals surface area contributed by atoms with Crippen LogP contribution in [0.5, 0.6) is 0 Å². The van der Waals surface area contributed by atoms with Gasteiger partial charge in [0.1, 0.15) is 0 Å². The molecule has 1 amide bonds. The molecule has 0 aliphatic carbocycles. The van der Waals surface area contributed by atoms with E-state index in [-0.39, 0.29) is 24.5 Å². The third-order valence-electron chi connectivity index (χ3n) is 4.05. The van der Waals surface area contributed by atoms with Gasteiger partial charge in [-0.05, 0) is 49.1 Å². The van der Waals surface area contributed by atoms with Crippen LogP contribution >= 0.6 is 0 Å². The van der Waals surface area contributed by atoms with Crippen molar-refractivity contribution in [3.8, 4) is 0 Å². The summed E-state index contributed by atoms with van der Waals surface area (Å²) in [4.78, 5) is 24.1. The van der Waals surface area contributed by atoms with E-state index in [9.17, 15) is 9.59 Å². The first kappa shape index (κ1) is 16.9. The molecule has 2 aromatic carbocycles. The molecule has 0 fully saturated rings. The molecule has 0 spiro atoms. The fourth-order valence-corrected chi connectivity index (χ4v) is 2.34. The molecule has 2 aromatic rings. The SMILES string of the molecule is CCc1ccc(C(=O)CCC(=O)Nc2ccc(C)c(C)c2)cc1. The molecule has 0 aliphatic heterocycles. The van der Waals surface area contributed by atoms with E-state index >= 15 is 0 Å². The van der Waals surface area contributed by atoms with Crippen LogP contribution < -0.4 is 5.32 Å². The van der Waals surface area contributed by atoms with Crippen molar-refractivity contribution in [2.75, 3.05) is 5.32 Å². The zero-order valence-electron chi connectivity index (χ0n) is 14.0. The molecule has 1 N–H and O–H groups in total. The van der Waals surface area contributed by atoms with Crippen LogP contribution in [0.4, 0.5) is 5.69 Å². The second-order valence-corrected chi connectivity index (χ2v) is 5.82. The Morgan fingerprint density at radius 3 is 2.22 bits per heavy atom. The number of hydrogen-bond donors (Lipinski definition) is 1. The Hall–Kier alpha value is -2.42. The fourth-order valence-electron chi connectivity index (χ4n) is 2.34. The van der Waals surface area contributed by atoms with Gasteiger partial charge >= 0.3 is 0 Å². The normalized spacial score (nSPS) is 10.4. The molecule has 0 aliphatic rings. The summed E-state index contributed by atoms with van der Waals surface area (Å²) in [6.45, 7) is 6.12. The largest absolute Gasteiger partial charge is 0.326 e.